The van der Waals surface area contributed by atoms with Crippen LogP contribution in [0.25, 0.3) is 0 Å². The SMILES string of the molecule is CCN1CCc2ccccc2[C@H]1c1ccccc1. The van der Waals surface area contributed by atoms with E-state index in [1.165, 1.54) is 23.1 Å². The van der Waals surface area contributed by atoms with Crippen molar-refractivity contribution in [1.29, 1.82) is 0 Å². The summed E-state index contributed by atoms with van der Waals surface area (Å²) in [5.41, 5.74) is 4.40. The monoisotopic (exact) mass is 237 g/mol. The Hall–Kier alpha value is -1.60. The summed E-state index contributed by atoms with van der Waals surface area (Å²) in [6.45, 7) is 4.52. The lowest BCUT2D eigenvalue weighted by Crippen LogP contribution is -2.35. The largest absolute Gasteiger partial charge is 0.292 e. The molecule has 0 bridgehead atoms. The van der Waals surface area contributed by atoms with Gasteiger partial charge in [0.1, 0.15) is 0 Å². The van der Waals surface area contributed by atoms with Gasteiger partial charge in [-0.15, -0.1) is 0 Å². The van der Waals surface area contributed by atoms with Crippen LogP contribution in [0, 0.1) is 0 Å². The van der Waals surface area contributed by atoms with Crippen LogP contribution in [0.5, 0.6) is 0 Å². The zero-order chi connectivity index (χ0) is 12.4. The summed E-state index contributed by atoms with van der Waals surface area (Å²) >= 11 is 0. The molecule has 0 fully saturated rings. The smallest absolute Gasteiger partial charge is 0.0604 e. The third-order valence-electron chi connectivity index (χ3n) is 3.90. The maximum absolute atomic E-state index is 2.57. The van der Waals surface area contributed by atoms with E-state index in [2.05, 4.69) is 66.4 Å². The number of hydrogen-bond acceptors (Lipinski definition) is 1. The van der Waals surface area contributed by atoms with Crippen LogP contribution in [0.1, 0.15) is 29.7 Å². The number of nitrogens with zero attached hydrogens (tertiary/aromatic N) is 1. The molecule has 1 aliphatic rings. The van der Waals surface area contributed by atoms with Crippen LogP contribution < -0.4 is 0 Å². The van der Waals surface area contributed by atoms with Crippen molar-refractivity contribution < 1.29 is 0 Å². The molecule has 92 valence electrons. The Bertz CT molecular complexity index is 518. The fourth-order valence-electron chi connectivity index (χ4n) is 2.98. The summed E-state index contributed by atoms with van der Waals surface area (Å²) in [4.78, 5) is 2.57. The summed E-state index contributed by atoms with van der Waals surface area (Å²) < 4.78 is 0. The minimum atomic E-state index is 0.432. The number of likely N-dealkylation sites (N-methyl/N-ethyl adjacent to an activating group) is 1. The molecule has 2 aromatic carbocycles. The van der Waals surface area contributed by atoms with Crippen LogP contribution in [-0.2, 0) is 6.42 Å². The van der Waals surface area contributed by atoms with Crippen LogP contribution in [0.3, 0.4) is 0 Å². The predicted octanol–water partition coefficient (Wildman–Crippen LogP) is 3.65. The molecule has 0 N–H and O–H groups in total. The van der Waals surface area contributed by atoms with E-state index < -0.39 is 0 Å². The Morgan fingerprint density at radius 1 is 1.00 bits per heavy atom. The minimum absolute atomic E-state index is 0.432. The molecule has 2 aromatic rings. The molecule has 0 amide bonds. The first-order valence-electron chi connectivity index (χ1n) is 6.77. The van der Waals surface area contributed by atoms with Gasteiger partial charge in [0.05, 0.1) is 6.04 Å². The lowest BCUT2D eigenvalue weighted by Gasteiger charge is -2.37. The second-order valence-electron chi connectivity index (χ2n) is 4.89. The third-order valence-corrected chi connectivity index (χ3v) is 3.90. The normalized spacial score (nSPS) is 19.5. The van der Waals surface area contributed by atoms with Crippen LogP contribution in [0.2, 0.25) is 0 Å². The van der Waals surface area contributed by atoms with Crippen molar-refractivity contribution in [2.45, 2.75) is 19.4 Å². The van der Waals surface area contributed by atoms with Gasteiger partial charge >= 0.3 is 0 Å². The summed E-state index contributed by atoms with van der Waals surface area (Å²) in [6.07, 6.45) is 1.17. The Morgan fingerprint density at radius 2 is 1.72 bits per heavy atom. The van der Waals surface area contributed by atoms with E-state index in [0.29, 0.717) is 6.04 Å². The summed E-state index contributed by atoms with van der Waals surface area (Å²) in [6, 6.07) is 20.2. The van der Waals surface area contributed by atoms with E-state index in [9.17, 15) is 0 Å². The quantitative estimate of drug-likeness (QED) is 0.770. The molecule has 0 spiro atoms. The molecule has 3 rings (SSSR count). The topological polar surface area (TPSA) is 3.24 Å². The van der Waals surface area contributed by atoms with Gasteiger partial charge in [0.15, 0.2) is 0 Å². The van der Waals surface area contributed by atoms with Crippen LogP contribution in [0.15, 0.2) is 54.6 Å². The Labute approximate surface area is 109 Å². The second-order valence-corrected chi connectivity index (χ2v) is 4.89. The molecule has 1 aliphatic heterocycles. The first-order chi connectivity index (χ1) is 8.90. The fraction of sp³-hybridized carbons (Fsp3) is 0.294. The molecular formula is C17H19N. The summed E-state index contributed by atoms with van der Waals surface area (Å²) in [5.74, 6) is 0. The van der Waals surface area contributed by atoms with Gasteiger partial charge in [-0.2, -0.15) is 0 Å². The molecule has 0 aliphatic carbocycles. The van der Waals surface area contributed by atoms with Gasteiger partial charge in [0.2, 0.25) is 0 Å². The van der Waals surface area contributed by atoms with Gasteiger partial charge in [-0.25, -0.2) is 0 Å². The van der Waals surface area contributed by atoms with Gasteiger partial charge in [-0.3, -0.25) is 4.90 Å². The molecule has 1 nitrogen and oxygen atoms in total. The van der Waals surface area contributed by atoms with Crippen molar-refractivity contribution in [2.75, 3.05) is 13.1 Å². The van der Waals surface area contributed by atoms with Crippen LogP contribution in [0.4, 0.5) is 0 Å². The standard InChI is InChI=1S/C17H19N/c1-2-18-13-12-14-8-6-7-11-16(14)17(18)15-9-4-3-5-10-15/h3-11,17H,2,12-13H2,1H3/t17-/m1/s1. The zero-order valence-electron chi connectivity index (χ0n) is 10.8. The maximum Gasteiger partial charge on any atom is 0.0604 e. The number of benzene rings is 2. The lowest BCUT2D eigenvalue weighted by molar-refractivity contribution is 0.225. The van der Waals surface area contributed by atoms with E-state index in [1.54, 1.807) is 0 Å². The van der Waals surface area contributed by atoms with Gasteiger partial charge in [0.25, 0.3) is 0 Å². The average molecular weight is 237 g/mol. The van der Waals surface area contributed by atoms with E-state index >= 15 is 0 Å². The van der Waals surface area contributed by atoms with Gasteiger partial charge in [-0.1, -0.05) is 61.5 Å². The summed E-state index contributed by atoms with van der Waals surface area (Å²) in [7, 11) is 0. The first-order valence-corrected chi connectivity index (χ1v) is 6.77. The number of rotatable bonds is 2. The van der Waals surface area contributed by atoms with Crippen molar-refractivity contribution in [3.8, 4) is 0 Å². The van der Waals surface area contributed by atoms with Crippen molar-refractivity contribution >= 4 is 0 Å². The molecule has 0 saturated carbocycles. The van der Waals surface area contributed by atoms with Crippen molar-refractivity contribution in [3.63, 3.8) is 0 Å². The highest BCUT2D eigenvalue weighted by molar-refractivity contribution is 5.39. The predicted molar refractivity (Wildman–Crippen MR) is 75.7 cm³/mol. The highest BCUT2D eigenvalue weighted by Gasteiger charge is 2.26. The fourth-order valence-corrected chi connectivity index (χ4v) is 2.98. The third kappa shape index (κ3) is 1.95. The Kier molecular flexibility index (Phi) is 3.16. The zero-order valence-corrected chi connectivity index (χ0v) is 10.8. The maximum atomic E-state index is 2.57. The van der Waals surface area contributed by atoms with Gasteiger partial charge < -0.3 is 0 Å². The Morgan fingerprint density at radius 3 is 2.50 bits per heavy atom. The molecule has 1 atom stereocenters. The molecule has 0 saturated heterocycles. The molecule has 18 heavy (non-hydrogen) atoms. The lowest BCUT2D eigenvalue weighted by atomic mass is 9.88. The van der Waals surface area contributed by atoms with Crippen molar-refractivity contribution in [3.05, 3.63) is 71.3 Å². The molecule has 0 unspecified atom stereocenters. The Balaban J connectivity index is 2.09. The van der Waals surface area contributed by atoms with Crippen molar-refractivity contribution in [2.24, 2.45) is 0 Å². The molecular weight excluding hydrogens is 218 g/mol. The highest BCUT2D eigenvalue weighted by atomic mass is 15.2. The van der Waals surface area contributed by atoms with Gasteiger partial charge in [-0.05, 0) is 29.7 Å². The average Bonchev–Trinajstić information content (AvgIpc) is 2.47. The highest BCUT2D eigenvalue weighted by Crippen LogP contribution is 2.34. The number of hydrogen-bond donors (Lipinski definition) is 0. The van der Waals surface area contributed by atoms with Crippen LogP contribution >= 0.6 is 0 Å². The van der Waals surface area contributed by atoms with E-state index in [-0.39, 0.29) is 0 Å². The van der Waals surface area contributed by atoms with E-state index in [1.807, 2.05) is 0 Å². The van der Waals surface area contributed by atoms with E-state index in [0.717, 1.165) is 13.1 Å². The van der Waals surface area contributed by atoms with Crippen LogP contribution in [-0.4, -0.2) is 18.0 Å². The molecule has 1 heterocycles. The molecule has 1 heteroatoms. The first kappa shape index (κ1) is 11.5. The van der Waals surface area contributed by atoms with Crippen molar-refractivity contribution in [1.82, 2.24) is 4.90 Å². The minimum Gasteiger partial charge on any atom is -0.292 e. The second kappa shape index (κ2) is 4.95. The molecule has 0 aromatic heterocycles. The molecule has 0 radical (unpaired) electrons. The van der Waals surface area contributed by atoms with Gasteiger partial charge in [0, 0.05) is 6.54 Å². The summed E-state index contributed by atoms with van der Waals surface area (Å²) in [5, 5.41) is 0. The van der Waals surface area contributed by atoms with E-state index in [4.69, 9.17) is 0 Å². The number of fused-ring (bicyclic) bond motifs is 1.